The number of thioether (sulfide) groups is 1. The van der Waals surface area contributed by atoms with E-state index in [0.29, 0.717) is 73.3 Å². The second kappa shape index (κ2) is 44.8. The van der Waals surface area contributed by atoms with E-state index in [1.165, 1.54) is 89.1 Å². The second-order valence-electron chi connectivity index (χ2n) is 35.0. The van der Waals surface area contributed by atoms with E-state index in [2.05, 4.69) is 21.3 Å². The first-order valence-electron chi connectivity index (χ1n) is 43.1. The number of nitrogens with zero attached hydrogens (tertiary/aromatic N) is 5. The van der Waals surface area contributed by atoms with Gasteiger partial charge in [-0.3, -0.25) is 53.9 Å². The number of rotatable bonds is 25. The number of likely N-dealkylation sites (N-methyl/N-ethyl adjacent to an activating group) is 2. The van der Waals surface area contributed by atoms with E-state index in [0.717, 1.165) is 35.1 Å². The van der Waals surface area contributed by atoms with Crippen LogP contribution in [0.15, 0.2) is 71.9 Å². The molecule has 7 heterocycles. The fraction of sp³-hybridized carbons (Fsp3) is 0.640. The van der Waals surface area contributed by atoms with Crippen molar-refractivity contribution in [3.05, 3.63) is 104 Å². The largest absolute Gasteiger partial charge is 0.457 e. The van der Waals surface area contributed by atoms with Crippen molar-refractivity contribution >= 4 is 139 Å². The molecule has 127 heavy (non-hydrogen) atoms. The predicted molar refractivity (Wildman–Crippen MR) is 479 cm³/mol. The number of amides is 10. The van der Waals surface area contributed by atoms with Gasteiger partial charge in [-0.25, -0.2) is 19.2 Å². The van der Waals surface area contributed by atoms with Crippen LogP contribution in [0, 0.1) is 35.5 Å². The third kappa shape index (κ3) is 25.5. The van der Waals surface area contributed by atoms with Crippen LogP contribution in [-0.4, -0.2) is 272 Å². The number of hydrogen-bond acceptors (Lipinski definition) is 27. The van der Waals surface area contributed by atoms with Gasteiger partial charge in [0.15, 0.2) is 11.4 Å². The highest BCUT2D eigenvalue weighted by Gasteiger charge is 2.66. The van der Waals surface area contributed by atoms with Gasteiger partial charge in [-0.1, -0.05) is 125 Å². The lowest BCUT2D eigenvalue weighted by Crippen LogP contribution is -2.62. The molecule has 18 atom stereocenters. The molecule has 2 unspecified atom stereocenters. The van der Waals surface area contributed by atoms with E-state index < -0.39 is 168 Å². The topological polar surface area (TPSA) is 453 Å². The normalized spacial score (nSPS) is 31.4. The summed E-state index contributed by atoms with van der Waals surface area (Å²) < 4.78 is 36.1. The van der Waals surface area contributed by atoms with E-state index in [4.69, 9.17) is 51.6 Å². The summed E-state index contributed by atoms with van der Waals surface area (Å²) in [5.41, 5.74) is -1.78. The first-order chi connectivity index (χ1) is 59.9. The number of epoxide rings is 2. The first kappa shape index (κ1) is 103. The molecular formula is C89H125Cl2N9O24S3. The Morgan fingerprint density at radius 3 is 1.49 bits per heavy atom. The number of esters is 2. The van der Waals surface area contributed by atoms with Crippen LogP contribution >= 0.6 is 56.6 Å². The molecule has 10 amide bonds. The summed E-state index contributed by atoms with van der Waals surface area (Å²) in [5.74, 6) is -6.17. The summed E-state index contributed by atoms with van der Waals surface area (Å²) in [7, 11) is 12.3. The molecule has 0 radical (unpaired) electrons. The van der Waals surface area contributed by atoms with E-state index >= 15 is 0 Å². The highest BCUT2D eigenvalue weighted by atomic mass is 35.5. The minimum atomic E-state index is -1.91. The number of anilines is 2. The monoisotopic (exact) mass is 1870 g/mol. The summed E-state index contributed by atoms with van der Waals surface area (Å²) >= 11 is 14.7. The van der Waals surface area contributed by atoms with Gasteiger partial charge in [0.05, 0.1) is 78.1 Å². The van der Waals surface area contributed by atoms with E-state index in [1.807, 2.05) is 20.8 Å². The number of aliphatic hydroxyl groups is 6. The maximum absolute atomic E-state index is 14.3. The van der Waals surface area contributed by atoms with Gasteiger partial charge in [-0.2, -0.15) is 0 Å². The Bertz CT molecular complexity index is 4520. The second-order valence-corrected chi connectivity index (χ2v) is 40.0. The molecule has 10 N–H and O–H groups in total. The molecule has 38 heteroatoms. The number of ether oxygens (including phenoxy) is 6. The Hall–Kier alpha value is -7.85. The Labute approximate surface area is 764 Å². The van der Waals surface area contributed by atoms with E-state index in [-0.39, 0.29) is 108 Å². The molecule has 0 spiro atoms. The van der Waals surface area contributed by atoms with Crippen LogP contribution in [0.3, 0.4) is 0 Å². The van der Waals surface area contributed by atoms with Gasteiger partial charge in [0.25, 0.3) is 0 Å². The third-order valence-electron chi connectivity index (χ3n) is 25.9. The van der Waals surface area contributed by atoms with Gasteiger partial charge in [0.2, 0.25) is 47.3 Å². The fourth-order valence-corrected chi connectivity index (χ4v) is 21.1. The number of nitrogens with one attached hydrogen (secondary N) is 4. The maximum Gasteiger partial charge on any atom is 0.409 e. The lowest BCUT2D eigenvalue weighted by atomic mass is 9.81. The molecule has 6 fully saturated rings. The fourth-order valence-electron chi connectivity index (χ4n) is 17.1. The quantitative estimate of drug-likeness (QED) is 0.0114. The number of allylic oxidation sites excluding steroid dienone is 6. The van der Waals surface area contributed by atoms with Gasteiger partial charge < -0.3 is 89.3 Å². The van der Waals surface area contributed by atoms with Crippen molar-refractivity contribution in [1.29, 1.82) is 0 Å². The number of halogens is 2. The Balaban J connectivity index is 0.000000290. The molecule has 2 aromatic rings. The summed E-state index contributed by atoms with van der Waals surface area (Å²) in [5, 5.41) is 74.8. The number of aliphatic hydroxyl groups excluding tert-OH is 4. The zero-order valence-electron chi connectivity index (χ0n) is 74.8. The Morgan fingerprint density at radius 2 is 1.07 bits per heavy atom. The maximum atomic E-state index is 14.3. The highest BCUT2D eigenvalue weighted by Crippen LogP contribution is 2.52. The molecule has 8 bridgehead atoms. The molecule has 1 aliphatic carbocycles. The molecule has 2 aromatic carbocycles. The zero-order chi connectivity index (χ0) is 93.6. The highest BCUT2D eigenvalue weighted by molar-refractivity contribution is 8.76. The smallest absolute Gasteiger partial charge is 0.409 e. The van der Waals surface area contributed by atoms with Gasteiger partial charge in [0.1, 0.15) is 47.7 Å². The van der Waals surface area contributed by atoms with E-state index in [9.17, 15) is 88.2 Å². The molecule has 7 aliphatic heterocycles. The summed E-state index contributed by atoms with van der Waals surface area (Å²) in [6.07, 6.45) is 6.49. The summed E-state index contributed by atoms with van der Waals surface area (Å²) in [4.78, 5) is 165. The first-order valence-corrected chi connectivity index (χ1v) is 47.2. The number of alkyl carbamates (subject to hydrolysis) is 2. The molecule has 0 aromatic heterocycles. The van der Waals surface area contributed by atoms with Crippen LogP contribution < -0.4 is 31.1 Å². The number of benzene rings is 2. The van der Waals surface area contributed by atoms with Crippen LogP contribution in [0.25, 0.3) is 0 Å². The number of likely N-dealkylation sites (tertiary alicyclic amines) is 1. The standard InChI is InChI=1S/C48H66ClN5O13S.C41H59ClN4O11S2/c1-26-9-8-10-33(25-56)48(64)22-35(65-46(63)51-48)27(2)42-47(4,67-42)37(21-39(58)53(7)34-19-30(17-26)18-32(24-55)41(34)49)66-45(62)28(3)52(6)38(57)15-16-68-36-20-40(59)54(44(36)61)23-29-11-13-31(14-12-29)43(60)50-5;1-23-10-9-11-29(22-48)41(54)20-31(55-39(53)44-41)25(3)37-40(5,57-37)32(19-35(51)46(8)30-18-27(16-23)17-28(21-47)36(30)42)56-38(52)26(4)45(7)34(50)14-15-58-59-24(2)12-13-33(49)43-6/h8-10,18-19,27-29,31,33,35-37,42,55-56,64H,11-17,20-25H2,1-7H3,(H,50,60)(H,51,63);9-11,17-18,24-26,29,31-32,37,47-48,54H,12-16,19-22H2,1-8H3,(H,43,49)(H,44,53)/b10-8+,26-9+;11-9+,23-10+/t27-,28+,29?,31?,33+,35+,36?,37+,42+,47+,48+;24?,25-,26+,29+,31+,32+,37+,40+,41+/m11/s1. The van der Waals surface area contributed by atoms with Crippen LogP contribution in [0.4, 0.5) is 21.0 Å². The number of carbonyl (C=O) groups is 12. The van der Waals surface area contributed by atoms with Crippen molar-refractivity contribution in [3.63, 3.8) is 0 Å². The van der Waals surface area contributed by atoms with Crippen molar-refractivity contribution in [3.8, 4) is 0 Å². The SMILES string of the molecule is CNC(=O)C1CCC(CN2C(=O)CC(SCCC(=O)N(C)[C@@H](C)C(=O)O[C@H]3CC(=O)N(C)c4cc(cc(CO)c4Cl)C/C(C)=C/C=C/[C@@H](CO)[C@@]4(O)C[C@H](OC(=O)N4)[C@@H](C)[C@@H]4O[C@@]34C)C2=O)CC1.CNC(=O)CCC(C)SSCCC(=O)N(C)[C@@H](C)C(=O)O[C@H]1CC(=O)N(C)c2cc(cc(CO)c2Cl)C/C(C)=C/C=C/[C@@H](CO)[C@@]2(O)C[C@H](OC(=O)N2)[C@@H](C)[C@@H]2O[C@@]12C. The number of imide groups is 1. The van der Waals surface area contributed by atoms with Crippen LogP contribution in [0.2, 0.25) is 10.0 Å². The van der Waals surface area contributed by atoms with Crippen LogP contribution in [0.5, 0.6) is 0 Å². The van der Waals surface area contributed by atoms with Crippen molar-refractivity contribution in [2.45, 2.75) is 254 Å². The number of carbonyl (C=O) groups excluding carboxylic acids is 12. The lowest BCUT2D eigenvalue weighted by Gasteiger charge is -2.42. The van der Waals surface area contributed by atoms with Crippen LogP contribution in [-0.2, 0) is 102 Å². The molecule has 10 rings (SSSR count). The van der Waals surface area contributed by atoms with Gasteiger partial charge in [-0.05, 0) is 127 Å². The molecule has 33 nitrogen and oxygen atoms in total. The number of hydrogen-bond donors (Lipinski definition) is 10. The zero-order valence-corrected chi connectivity index (χ0v) is 78.8. The van der Waals surface area contributed by atoms with Crippen molar-refractivity contribution in [1.82, 2.24) is 36.0 Å². The molecule has 702 valence electrons. The molecule has 1 saturated carbocycles. The third-order valence-corrected chi connectivity index (χ3v) is 30.9. The summed E-state index contributed by atoms with van der Waals surface area (Å²) in [6, 6.07) is 4.77. The summed E-state index contributed by atoms with van der Waals surface area (Å²) in [6.45, 7) is 14.1. The molecule has 8 aliphatic rings. The lowest BCUT2D eigenvalue weighted by molar-refractivity contribution is -0.162. The average Bonchev–Trinajstić information content (AvgIpc) is 1.57. The number of fused-ring (bicyclic) bond motifs is 10. The minimum absolute atomic E-state index is 0.00841. The van der Waals surface area contributed by atoms with E-state index in [1.54, 1.807) is 113 Å². The Morgan fingerprint density at radius 1 is 0.630 bits per heavy atom. The minimum Gasteiger partial charge on any atom is -0.457 e. The average molecular weight is 1870 g/mol. The Kier molecular flexibility index (Phi) is 36.3. The van der Waals surface area contributed by atoms with Crippen molar-refractivity contribution in [2.75, 3.05) is 83.4 Å². The predicted octanol–water partition coefficient (Wildman–Crippen LogP) is 7.67. The molecular weight excluding hydrogens is 1750 g/mol. The van der Waals surface area contributed by atoms with Gasteiger partial charge >= 0.3 is 24.1 Å². The molecule has 5 saturated heterocycles. The van der Waals surface area contributed by atoms with Crippen molar-refractivity contribution in [2.24, 2.45) is 35.5 Å². The van der Waals surface area contributed by atoms with Crippen molar-refractivity contribution < 1.29 is 117 Å². The van der Waals surface area contributed by atoms with Gasteiger partial charge in [0, 0.05) is 134 Å². The van der Waals surface area contributed by atoms with Gasteiger partial charge in [-0.15, -0.1) is 11.8 Å². The van der Waals surface area contributed by atoms with Crippen LogP contribution in [0.1, 0.15) is 168 Å².